The fourth-order valence-corrected chi connectivity index (χ4v) is 1.22. The molecule has 1 aliphatic rings. The van der Waals surface area contributed by atoms with Crippen molar-refractivity contribution in [1.29, 1.82) is 0 Å². The Labute approximate surface area is 78.7 Å². The Morgan fingerprint density at radius 2 is 2.31 bits per heavy atom. The molecule has 0 amide bonds. The Hall–Kier alpha value is -0.830. The summed E-state index contributed by atoms with van der Waals surface area (Å²) in [5.41, 5.74) is 0.457. The fourth-order valence-electron chi connectivity index (χ4n) is 1.22. The molecule has 1 saturated heterocycles. The first-order valence-corrected chi connectivity index (χ1v) is 4.59. The van der Waals surface area contributed by atoms with Crippen molar-refractivity contribution in [2.45, 2.75) is 26.4 Å². The SMILES string of the molecule is C=C(C)C(=O)OC(CC)C1COC1. The lowest BCUT2D eigenvalue weighted by molar-refractivity contribution is -0.159. The maximum atomic E-state index is 11.2. The number of rotatable bonds is 4. The van der Waals surface area contributed by atoms with E-state index >= 15 is 0 Å². The van der Waals surface area contributed by atoms with Crippen LogP contribution in [0.1, 0.15) is 20.3 Å². The lowest BCUT2D eigenvalue weighted by atomic mass is 9.99. The largest absolute Gasteiger partial charge is 0.459 e. The fraction of sp³-hybridized carbons (Fsp3) is 0.700. The molecule has 1 unspecified atom stereocenters. The van der Waals surface area contributed by atoms with Gasteiger partial charge in [0.1, 0.15) is 6.10 Å². The first-order chi connectivity index (χ1) is 6.15. The highest BCUT2D eigenvalue weighted by Gasteiger charge is 2.29. The van der Waals surface area contributed by atoms with Crippen molar-refractivity contribution in [3.05, 3.63) is 12.2 Å². The molecule has 0 spiro atoms. The van der Waals surface area contributed by atoms with Crippen LogP contribution < -0.4 is 0 Å². The van der Waals surface area contributed by atoms with Crippen molar-refractivity contribution in [3.63, 3.8) is 0 Å². The van der Waals surface area contributed by atoms with Crippen molar-refractivity contribution in [2.75, 3.05) is 13.2 Å². The molecular formula is C10H16O3. The molecule has 0 aromatic carbocycles. The summed E-state index contributed by atoms with van der Waals surface area (Å²) in [6, 6.07) is 0. The second kappa shape index (κ2) is 4.42. The van der Waals surface area contributed by atoms with Gasteiger partial charge in [-0.3, -0.25) is 0 Å². The monoisotopic (exact) mass is 184 g/mol. The van der Waals surface area contributed by atoms with Crippen LogP contribution in [0.4, 0.5) is 0 Å². The zero-order valence-corrected chi connectivity index (χ0v) is 8.21. The molecule has 1 rings (SSSR count). The summed E-state index contributed by atoms with van der Waals surface area (Å²) < 4.78 is 10.3. The highest BCUT2D eigenvalue weighted by atomic mass is 16.6. The van der Waals surface area contributed by atoms with Gasteiger partial charge >= 0.3 is 5.97 Å². The molecule has 0 saturated carbocycles. The van der Waals surface area contributed by atoms with E-state index in [4.69, 9.17) is 9.47 Å². The summed E-state index contributed by atoms with van der Waals surface area (Å²) in [6.45, 7) is 8.63. The average molecular weight is 184 g/mol. The van der Waals surface area contributed by atoms with Gasteiger partial charge in [0.05, 0.1) is 13.2 Å². The zero-order chi connectivity index (χ0) is 9.84. The number of ether oxygens (including phenoxy) is 2. The second-order valence-corrected chi connectivity index (χ2v) is 3.43. The van der Waals surface area contributed by atoms with E-state index in [0.29, 0.717) is 24.7 Å². The zero-order valence-electron chi connectivity index (χ0n) is 8.21. The Morgan fingerprint density at radius 1 is 1.69 bits per heavy atom. The summed E-state index contributed by atoms with van der Waals surface area (Å²) >= 11 is 0. The molecule has 1 fully saturated rings. The van der Waals surface area contributed by atoms with E-state index in [1.165, 1.54) is 0 Å². The van der Waals surface area contributed by atoms with Gasteiger partial charge in [0.25, 0.3) is 0 Å². The van der Waals surface area contributed by atoms with E-state index < -0.39 is 0 Å². The van der Waals surface area contributed by atoms with Crippen LogP contribution in [-0.4, -0.2) is 25.3 Å². The standard InChI is InChI=1S/C10H16O3/c1-4-9(8-5-12-6-8)13-10(11)7(2)3/h8-9H,2,4-6H2,1,3H3. The Kier molecular flexibility index (Phi) is 3.48. The highest BCUT2D eigenvalue weighted by molar-refractivity contribution is 5.87. The Bertz CT molecular complexity index is 206. The Morgan fingerprint density at radius 3 is 2.62 bits per heavy atom. The Balaban J connectivity index is 2.38. The van der Waals surface area contributed by atoms with Gasteiger partial charge in [-0.2, -0.15) is 0 Å². The van der Waals surface area contributed by atoms with E-state index in [9.17, 15) is 4.79 Å². The van der Waals surface area contributed by atoms with E-state index in [1.54, 1.807) is 6.92 Å². The third kappa shape index (κ3) is 2.56. The van der Waals surface area contributed by atoms with Crippen molar-refractivity contribution in [2.24, 2.45) is 5.92 Å². The van der Waals surface area contributed by atoms with Crippen LogP contribution in [0.3, 0.4) is 0 Å². The minimum absolute atomic E-state index is 0.00190. The maximum Gasteiger partial charge on any atom is 0.333 e. The van der Waals surface area contributed by atoms with E-state index in [2.05, 4.69) is 6.58 Å². The van der Waals surface area contributed by atoms with E-state index in [-0.39, 0.29) is 12.1 Å². The maximum absolute atomic E-state index is 11.2. The third-order valence-electron chi connectivity index (χ3n) is 2.20. The van der Waals surface area contributed by atoms with Crippen LogP contribution >= 0.6 is 0 Å². The predicted octanol–water partition coefficient (Wildman–Crippen LogP) is 1.53. The molecule has 0 aromatic rings. The molecule has 1 atom stereocenters. The quantitative estimate of drug-likeness (QED) is 0.491. The van der Waals surface area contributed by atoms with Crippen LogP contribution in [0.25, 0.3) is 0 Å². The van der Waals surface area contributed by atoms with Gasteiger partial charge in [-0.15, -0.1) is 0 Å². The third-order valence-corrected chi connectivity index (χ3v) is 2.20. The summed E-state index contributed by atoms with van der Waals surface area (Å²) in [6.07, 6.45) is 0.838. The van der Waals surface area contributed by atoms with Crippen LogP contribution in [0, 0.1) is 5.92 Å². The first-order valence-electron chi connectivity index (χ1n) is 4.59. The normalized spacial score (nSPS) is 18.9. The second-order valence-electron chi connectivity index (χ2n) is 3.43. The van der Waals surface area contributed by atoms with Gasteiger partial charge in [0, 0.05) is 11.5 Å². The molecule has 3 heteroatoms. The number of hydrogen-bond acceptors (Lipinski definition) is 3. The minimum atomic E-state index is -0.293. The molecule has 1 heterocycles. The van der Waals surface area contributed by atoms with Crippen molar-refractivity contribution >= 4 is 5.97 Å². The van der Waals surface area contributed by atoms with Crippen molar-refractivity contribution in [3.8, 4) is 0 Å². The molecule has 0 N–H and O–H groups in total. The van der Waals surface area contributed by atoms with Gasteiger partial charge in [0.2, 0.25) is 0 Å². The van der Waals surface area contributed by atoms with Crippen LogP contribution in [0.2, 0.25) is 0 Å². The molecule has 0 radical (unpaired) electrons. The van der Waals surface area contributed by atoms with Crippen molar-refractivity contribution in [1.82, 2.24) is 0 Å². The van der Waals surface area contributed by atoms with Crippen LogP contribution in [-0.2, 0) is 14.3 Å². The van der Waals surface area contributed by atoms with E-state index in [1.807, 2.05) is 6.92 Å². The number of esters is 1. The van der Waals surface area contributed by atoms with E-state index in [0.717, 1.165) is 6.42 Å². The van der Waals surface area contributed by atoms with Gasteiger partial charge in [-0.05, 0) is 13.3 Å². The van der Waals surface area contributed by atoms with Crippen LogP contribution in [0.5, 0.6) is 0 Å². The molecule has 0 bridgehead atoms. The number of carbonyl (C=O) groups excluding carboxylic acids is 1. The summed E-state index contributed by atoms with van der Waals surface area (Å²) in [4.78, 5) is 11.2. The number of hydrogen-bond donors (Lipinski definition) is 0. The van der Waals surface area contributed by atoms with Gasteiger partial charge in [-0.25, -0.2) is 4.79 Å². The molecule has 0 aromatic heterocycles. The number of carbonyl (C=O) groups is 1. The summed E-state index contributed by atoms with van der Waals surface area (Å²) in [5, 5.41) is 0. The first kappa shape index (κ1) is 10.3. The molecule has 13 heavy (non-hydrogen) atoms. The van der Waals surface area contributed by atoms with Gasteiger partial charge < -0.3 is 9.47 Å². The average Bonchev–Trinajstić information content (AvgIpc) is 1.99. The van der Waals surface area contributed by atoms with Gasteiger partial charge in [0.15, 0.2) is 0 Å². The van der Waals surface area contributed by atoms with Gasteiger partial charge in [-0.1, -0.05) is 13.5 Å². The molecule has 1 aliphatic heterocycles. The van der Waals surface area contributed by atoms with Crippen molar-refractivity contribution < 1.29 is 14.3 Å². The molecule has 74 valence electrons. The minimum Gasteiger partial charge on any atom is -0.459 e. The smallest absolute Gasteiger partial charge is 0.333 e. The topological polar surface area (TPSA) is 35.5 Å². The molecular weight excluding hydrogens is 168 g/mol. The summed E-state index contributed by atoms with van der Waals surface area (Å²) in [5.74, 6) is 0.0899. The predicted molar refractivity (Wildman–Crippen MR) is 49.3 cm³/mol. The lowest BCUT2D eigenvalue weighted by Gasteiger charge is -2.32. The molecule has 3 nitrogen and oxygen atoms in total. The lowest BCUT2D eigenvalue weighted by Crippen LogP contribution is -2.40. The van der Waals surface area contributed by atoms with Crippen LogP contribution in [0.15, 0.2) is 12.2 Å². The summed E-state index contributed by atoms with van der Waals surface area (Å²) in [7, 11) is 0. The highest BCUT2D eigenvalue weighted by Crippen LogP contribution is 2.20. The molecule has 0 aliphatic carbocycles.